The van der Waals surface area contributed by atoms with Crippen LogP contribution in [0.5, 0.6) is 0 Å². The van der Waals surface area contributed by atoms with Crippen molar-refractivity contribution in [1.82, 2.24) is 4.90 Å². The van der Waals surface area contributed by atoms with Crippen molar-refractivity contribution in [3.05, 3.63) is 178 Å². The Hall–Kier alpha value is -9.15. The van der Waals surface area contributed by atoms with E-state index in [1.165, 1.54) is 77.7 Å². The Labute approximate surface area is 345 Å². The summed E-state index contributed by atoms with van der Waals surface area (Å²) in [6, 6.07) is 20.2. The molecule has 2 N–H and O–H groups in total. The average Bonchev–Trinajstić information content (AvgIpc) is 3.65. The standard InChI is InChI=1S/C45H33N7O8/c1-5-58-40(53)28-52(29(3)60-59-6-2)43-32(9-7-11-36(23-46)41(38(25-48)26-49)30-13-19-34(20-14-30)44(54)55)17-18-33(43)10-8-12-37(24-47)42(39(27-50)51-4)31-15-21-35(22-16-31)45(56)57/h6-16,19-22,38H,2-3,5,17-18,28H2,1H3,(H,54,55)(H,56,57). The Morgan fingerprint density at radius 1 is 0.900 bits per heavy atom. The molecule has 3 rings (SSSR count). The molecule has 0 aliphatic heterocycles. The van der Waals surface area contributed by atoms with Crippen LogP contribution >= 0.6 is 0 Å². The van der Waals surface area contributed by atoms with E-state index in [0.717, 1.165) is 6.26 Å². The molecule has 0 amide bonds. The van der Waals surface area contributed by atoms with Crippen molar-refractivity contribution >= 4 is 29.1 Å². The van der Waals surface area contributed by atoms with Crippen LogP contribution in [0.15, 0.2) is 144 Å². The monoisotopic (exact) mass is 799 g/mol. The largest absolute Gasteiger partial charge is 0.478 e. The van der Waals surface area contributed by atoms with Crippen LogP contribution in [-0.2, 0) is 19.3 Å². The maximum atomic E-state index is 12.9. The van der Waals surface area contributed by atoms with Gasteiger partial charge < -0.3 is 14.9 Å². The number of carbonyl (C=O) groups is 3. The number of carboxylic acid groups (broad SMARTS) is 2. The SMILES string of the molecule is [C-]#[N+]C(C#N)=C(C(C#N)=CC=CC1=C(N(CC(=O)OCC)C(=C)OOC=C)C(=CC=CC(C#N)=C(c2ccc(C(=O)O)cc2)C(C#N)C#N)CC1)c1ccc(C(=O)O)cc1. The molecule has 1 aliphatic rings. The highest BCUT2D eigenvalue weighted by Crippen LogP contribution is 2.37. The number of aromatic carboxylic acids is 2. The topological polar surface area (TPSA) is 246 Å². The quantitative estimate of drug-likeness (QED) is 0.0277. The van der Waals surface area contributed by atoms with Gasteiger partial charge in [0.1, 0.15) is 12.8 Å². The van der Waals surface area contributed by atoms with E-state index in [2.05, 4.69) is 18.0 Å². The minimum absolute atomic E-state index is 0.0243. The van der Waals surface area contributed by atoms with Crippen molar-refractivity contribution in [2.45, 2.75) is 19.8 Å². The molecule has 0 unspecified atom stereocenters. The molecule has 1 aliphatic carbocycles. The molecular weight excluding hydrogens is 767 g/mol. The first-order chi connectivity index (χ1) is 28.9. The van der Waals surface area contributed by atoms with Gasteiger partial charge in [-0.05, 0) is 85.0 Å². The van der Waals surface area contributed by atoms with Crippen LogP contribution in [0.25, 0.3) is 16.0 Å². The number of benzene rings is 2. The lowest BCUT2D eigenvalue weighted by Crippen LogP contribution is -2.31. The summed E-state index contributed by atoms with van der Waals surface area (Å²) in [5.41, 5.74) is 1.45. The number of nitrogens with zero attached hydrogens (tertiary/aromatic N) is 7. The van der Waals surface area contributed by atoms with Crippen molar-refractivity contribution in [3.63, 3.8) is 0 Å². The van der Waals surface area contributed by atoms with Gasteiger partial charge in [-0.2, -0.15) is 21.0 Å². The lowest BCUT2D eigenvalue weighted by Gasteiger charge is -2.26. The van der Waals surface area contributed by atoms with Crippen LogP contribution in [0.3, 0.4) is 0 Å². The number of nitriles is 5. The molecule has 15 heteroatoms. The van der Waals surface area contributed by atoms with Crippen LogP contribution in [0.4, 0.5) is 0 Å². The molecule has 0 saturated heterocycles. The molecule has 0 bridgehead atoms. The number of carboxylic acids is 2. The van der Waals surface area contributed by atoms with Gasteiger partial charge in [0, 0.05) is 11.1 Å². The zero-order chi connectivity index (χ0) is 44.2. The highest BCUT2D eigenvalue weighted by Gasteiger charge is 2.29. The number of esters is 1. The molecule has 0 radical (unpaired) electrons. The fourth-order valence-corrected chi connectivity index (χ4v) is 5.79. The minimum Gasteiger partial charge on any atom is -0.478 e. The van der Waals surface area contributed by atoms with Gasteiger partial charge in [0.2, 0.25) is 5.88 Å². The Morgan fingerprint density at radius 2 is 1.50 bits per heavy atom. The highest BCUT2D eigenvalue weighted by atomic mass is 17.2. The Morgan fingerprint density at radius 3 is 2.00 bits per heavy atom. The van der Waals surface area contributed by atoms with E-state index in [1.807, 2.05) is 24.3 Å². The fraction of sp³-hybridized carbons (Fsp3) is 0.133. The van der Waals surface area contributed by atoms with Crippen molar-refractivity contribution in [1.29, 1.82) is 26.3 Å². The Balaban J connectivity index is 2.28. The molecule has 0 atom stereocenters. The van der Waals surface area contributed by atoms with Gasteiger partial charge in [0.05, 0.1) is 71.5 Å². The number of hydrogen-bond donors (Lipinski definition) is 2. The van der Waals surface area contributed by atoms with E-state index in [-0.39, 0.29) is 57.0 Å². The van der Waals surface area contributed by atoms with Gasteiger partial charge in [0.25, 0.3) is 5.70 Å². The number of rotatable bonds is 18. The van der Waals surface area contributed by atoms with Crippen LogP contribution in [0, 0.1) is 69.1 Å². The summed E-state index contributed by atoms with van der Waals surface area (Å²) in [5, 5.41) is 68.3. The van der Waals surface area contributed by atoms with E-state index in [1.54, 1.807) is 25.1 Å². The summed E-state index contributed by atoms with van der Waals surface area (Å²) < 4.78 is 5.20. The molecule has 0 aromatic heterocycles. The highest BCUT2D eigenvalue weighted by molar-refractivity contribution is 5.91. The third kappa shape index (κ3) is 11.4. The summed E-state index contributed by atoms with van der Waals surface area (Å²) in [6.45, 7) is 16.2. The predicted octanol–water partition coefficient (Wildman–Crippen LogP) is 7.84. The van der Waals surface area contributed by atoms with E-state index < -0.39 is 36.1 Å². The first-order valence-electron chi connectivity index (χ1n) is 17.5. The molecule has 296 valence electrons. The first-order valence-corrected chi connectivity index (χ1v) is 17.5. The summed E-state index contributed by atoms with van der Waals surface area (Å²) in [6.07, 6.45) is 10.7. The van der Waals surface area contributed by atoms with Crippen molar-refractivity contribution < 1.29 is 39.1 Å². The van der Waals surface area contributed by atoms with Gasteiger partial charge in [0.15, 0.2) is 5.92 Å². The molecule has 0 fully saturated rings. The van der Waals surface area contributed by atoms with Gasteiger partial charge in [-0.15, -0.1) is 0 Å². The Bertz CT molecular complexity index is 2520. The number of hydrogen-bond acceptors (Lipinski definition) is 12. The third-order valence-corrected chi connectivity index (χ3v) is 8.43. The first kappa shape index (κ1) is 45.2. The average molecular weight is 800 g/mol. The van der Waals surface area contributed by atoms with E-state index in [4.69, 9.17) is 21.1 Å². The molecule has 60 heavy (non-hydrogen) atoms. The maximum absolute atomic E-state index is 12.9. The van der Waals surface area contributed by atoms with Crippen LogP contribution in [0.1, 0.15) is 51.6 Å². The van der Waals surface area contributed by atoms with Gasteiger partial charge in [-0.3, -0.25) is 19.5 Å². The van der Waals surface area contributed by atoms with Gasteiger partial charge in [-0.25, -0.2) is 19.7 Å². The lowest BCUT2D eigenvalue weighted by atomic mass is 9.89. The van der Waals surface area contributed by atoms with Crippen LogP contribution < -0.4 is 0 Å². The second kappa shape index (κ2) is 22.4. The zero-order valence-electron chi connectivity index (χ0n) is 32.0. The summed E-state index contributed by atoms with van der Waals surface area (Å²) >= 11 is 0. The number of carbonyl (C=O) groups excluding carboxylic acids is 1. The minimum atomic E-state index is -1.39. The number of ether oxygens (including phenoxy) is 1. The lowest BCUT2D eigenvalue weighted by molar-refractivity contribution is -0.228. The summed E-state index contributed by atoms with van der Waals surface area (Å²) in [4.78, 5) is 50.6. The molecule has 0 spiro atoms. The molecular formula is C45H33N7O8. The van der Waals surface area contributed by atoms with E-state index >= 15 is 0 Å². The number of allylic oxidation sites excluding steroid dienone is 13. The fourth-order valence-electron chi connectivity index (χ4n) is 5.79. The van der Waals surface area contributed by atoms with Crippen molar-refractivity contribution in [2.75, 3.05) is 13.2 Å². The summed E-state index contributed by atoms with van der Waals surface area (Å²) in [5.74, 6) is -4.58. The Kier molecular flexibility index (Phi) is 16.9. The molecule has 15 nitrogen and oxygen atoms in total. The normalized spacial score (nSPS) is 13.7. The van der Waals surface area contributed by atoms with Gasteiger partial charge in [-0.1, -0.05) is 55.1 Å². The molecule has 0 saturated carbocycles. The zero-order valence-corrected chi connectivity index (χ0v) is 32.0. The molecule has 2 aromatic rings. The maximum Gasteiger partial charge on any atom is 0.335 e. The second-order valence-electron chi connectivity index (χ2n) is 11.9. The van der Waals surface area contributed by atoms with Crippen molar-refractivity contribution in [2.24, 2.45) is 5.92 Å². The third-order valence-electron chi connectivity index (χ3n) is 8.43. The summed E-state index contributed by atoms with van der Waals surface area (Å²) in [7, 11) is 0. The van der Waals surface area contributed by atoms with E-state index in [0.29, 0.717) is 29.7 Å². The van der Waals surface area contributed by atoms with Crippen molar-refractivity contribution in [3.8, 4) is 30.3 Å². The predicted molar refractivity (Wildman–Crippen MR) is 214 cm³/mol. The van der Waals surface area contributed by atoms with Crippen LogP contribution in [0.2, 0.25) is 0 Å². The second-order valence-corrected chi connectivity index (χ2v) is 11.9. The van der Waals surface area contributed by atoms with Gasteiger partial charge >= 0.3 is 17.9 Å². The van der Waals surface area contributed by atoms with E-state index in [9.17, 15) is 50.9 Å². The smallest absolute Gasteiger partial charge is 0.335 e. The molecule has 2 aromatic carbocycles. The van der Waals surface area contributed by atoms with Crippen LogP contribution in [-0.4, -0.2) is 46.2 Å². The molecule has 0 heterocycles.